The molecule has 2 saturated heterocycles. The predicted molar refractivity (Wildman–Crippen MR) is 181 cm³/mol. The van der Waals surface area contributed by atoms with Crippen LogP contribution in [0.5, 0.6) is 5.75 Å². The number of nitrogens with zero attached hydrogens (tertiary/aromatic N) is 1. The van der Waals surface area contributed by atoms with Gasteiger partial charge in [0.1, 0.15) is 24.6 Å². The van der Waals surface area contributed by atoms with Crippen molar-refractivity contribution in [3.05, 3.63) is 29.8 Å². The van der Waals surface area contributed by atoms with Crippen molar-refractivity contribution < 1.29 is 23.8 Å². The van der Waals surface area contributed by atoms with Gasteiger partial charge in [0.15, 0.2) is 5.79 Å². The zero-order valence-electron chi connectivity index (χ0n) is 29.6. The van der Waals surface area contributed by atoms with Crippen molar-refractivity contribution in [2.75, 3.05) is 26.4 Å². The normalized spacial score (nSPS) is 21.3. The summed E-state index contributed by atoms with van der Waals surface area (Å²) < 4.78 is 24.9. The quantitative estimate of drug-likeness (QED) is 0.0653. The predicted octanol–water partition coefficient (Wildman–Crippen LogP) is 10.3. The molecule has 44 heavy (non-hydrogen) atoms. The van der Waals surface area contributed by atoms with Gasteiger partial charge in [-0.25, -0.2) is 0 Å². The molecule has 0 saturated carbocycles. The maximum Gasteiger partial charge on any atom is 0.171 e. The molecule has 2 fully saturated rings. The zero-order valence-corrected chi connectivity index (χ0v) is 29.6. The molecule has 0 aromatic heterocycles. The third kappa shape index (κ3) is 11.6. The SMILES string of the molecule is CCCCCCCCOC1(OCCCCCCCC)CC(C)(C)N(OC(C)c2ccc(OCC3CO3)cc2)C(CC)(CC)C1. The van der Waals surface area contributed by atoms with E-state index in [4.69, 9.17) is 23.8 Å². The van der Waals surface area contributed by atoms with E-state index in [-0.39, 0.29) is 23.3 Å². The average molecular weight is 618 g/mol. The second-order valence-electron chi connectivity index (χ2n) is 14.1. The molecule has 6 heteroatoms. The number of ether oxygens (including phenoxy) is 4. The number of unbranched alkanes of at least 4 members (excludes halogenated alkanes) is 10. The van der Waals surface area contributed by atoms with Gasteiger partial charge in [-0.1, -0.05) is 104 Å². The molecule has 0 amide bonds. The Labute approximate surface area is 270 Å². The first-order chi connectivity index (χ1) is 21.2. The topological polar surface area (TPSA) is 52.7 Å². The van der Waals surface area contributed by atoms with Crippen molar-refractivity contribution >= 4 is 0 Å². The Morgan fingerprint density at radius 2 is 1.30 bits per heavy atom. The Bertz CT molecular complexity index is 877. The van der Waals surface area contributed by atoms with E-state index in [1.165, 1.54) is 64.2 Å². The highest BCUT2D eigenvalue weighted by Gasteiger charge is 2.57. The summed E-state index contributed by atoms with van der Waals surface area (Å²) in [6.07, 6.45) is 18.9. The van der Waals surface area contributed by atoms with Crippen LogP contribution in [0.2, 0.25) is 0 Å². The van der Waals surface area contributed by atoms with Crippen molar-refractivity contribution in [1.82, 2.24) is 5.06 Å². The Kier molecular flexibility index (Phi) is 16.0. The van der Waals surface area contributed by atoms with Crippen LogP contribution in [-0.4, -0.2) is 54.5 Å². The number of epoxide rings is 1. The fourth-order valence-corrected chi connectivity index (χ4v) is 6.98. The lowest BCUT2D eigenvalue weighted by molar-refractivity contribution is -0.375. The highest BCUT2D eigenvalue weighted by Crippen LogP contribution is 2.50. The summed E-state index contributed by atoms with van der Waals surface area (Å²) in [7, 11) is 0. The molecule has 0 aliphatic carbocycles. The number of hydrogen-bond donors (Lipinski definition) is 0. The van der Waals surface area contributed by atoms with Crippen molar-refractivity contribution in [1.29, 1.82) is 0 Å². The summed E-state index contributed by atoms with van der Waals surface area (Å²) in [5, 5.41) is 2.33. The molecule has 254 valence electrons. The van der Waals surface area contributed by atoms with Gasteiger partial charge in [-0.15, -0.1) is 0 Å². The highest BCUT2D eigenvalue weighted by atomic mass is 16.7. The minimum atomic E-state index is -0.588. The fourth-order valence-electron chi connectivity index (χ4n) is 6.98. The molecule has 0 spiro atoms. The van der Waals surface area contributed by atoms with Gasteiger partial charge in [0.05, 0.1) is 25.4 Å². The van der Waals surface area contributed by atoms with Gasteiger partial charge in [0.2, 0.25) is 0 Å². The lowest BCUT2D eigenvalue weighted by Crippen LogP contribution is -2.68. The Balaban J connectivity index is 1.70. The average Bonchev–Trinajstić information content (AvgIpc) is 3.85. The third-order valence-electron chi connectivity index (χ3n) is 9.77. The van der Waals surface area contributed by atoms with Crippen LogP contribution in [0.3, 0.4) is 0 Å². The molecule has 2 atom stereocenters. The van der Waals surface area contributed by atoms with Gasteiger partial charge in [-0.2, -0.15) is 5.06 Å². The van der Waals surface area contributed by atoms with Crippen LogP contribution in [0.15, 0.2) is 24.3 Å². The minimum absolute atomic E-state index is 0.0897. The lowest BCUT2D eigenvalue weighted by atomic mass is 9.73. The molecule has 2 unspecified atom stereocenters. The van der Waals surface area contributed by atoms with E-state index in [0.717, 1.165) is 69.7 Å². The first-order valence-electron chi connectivity index (χ1n) is 18.3. The molecule has 1 aromatic carbocycles. The summed E-state index contributed by atoms with van der Waals surface area (Å²) >= 11 is 0. The second-order valence-corrected chi connectivity index (χ2v) is 14.1. The molecule has 0 bridgehead atoms. The monoisotopic (exact) mass is 618 g/mol. The Morgan fingerprint density at radius 1 is 0.773 bits per heavy atom. The first kappa shape index (κ1) is 37.3. The van der Waals surface area contributed by atoms with Gasteiger partial charge in [-0.3, -0.25) is 4.84 Å². The van der Waals surface area contributed by atoms with Crippen LogP contribution in [0.1, 0.15) is 163 Å². The number of hydroxylamine groups is 2. The van der Waals surface area contributed by atoms with Crippen LogP contribution in [0.4, 0.5) is 0 Å². The summed E-state index contributed by atoms with van der Waals surface area (Å²) in [5.41, 5.74) is 0.687. The Hall–Kier alpha value is -1.18. The lowest BCUT2D eigenvalue weighted by Gasteiger charge is -2.60. The van der Waals surface area contributed by atoms with E-state index in [0.29, 0.717) is 6.61 Å². The van der Waals surface area contributed by atoms with Crippen LogP contribution < -0.4 is 4.74 Å². The molecule has 0 N–H and O–H groups in total. The van der Waals surface area contributed by atoms with Crippen molar-refractivity contribution in [3.8, 4) is 5.75 Å². The van der Waals surface area contributed by atoms with E-state index in [1.54, 1.807) is 0 Å². The van der Waals surface area contributed by atoms with Crippen LogP contribution in [0, 0.1) is 0 Å². The molecule has 0 radical (unpaired) electrons. The van der Waals surface area contributed by atoms with Gasteiger partial charge in [0.25, 0.3) is 0 Å². The van der Waals surface area contributed by atoms with Crippen molar-refractivity contribution in [2.24, 2.45) is 0 Å². The number of benzene rings is 1. The van der Waals surface area contributed by atoms with E-state index in [9.17, 15) is 0 Å². The summed E-state index contributed by atoms with van der Waals surface area (Å²) in [5.74, 6) is 0.288. The van der Waals surface area contributed by atoms with E-state index < -0.39 is 5.79 Å². The molecule has 2 aliphatic rings. The van der Waals surface area contributed by atoms with Crippen LogP contribution in [-0.2, 0) is 19.0 Å². The molecule has 6 nitrogen and oxygen atoms in total. The highest BCUT2D eigenvalue weighted by molar-refractivity contribution is 5.28. The zero-order chi connectivity index (χ0) is 31.9. The van der Waals surface area contributed by atoms with Crippen LogP contribution in [0.25, 0.3) is 0 Å². The fraction of sp³-hybridized carbons (Fsp3) is 0.842. The van der Waals surface area contributed by atoms with Gasteiger partial charge in [-0.05, 0) is 64.2 Å². The largest absolute Gasteiger partial charge is 0.491 e. The van der Waals surface area contributed by atoms with Gasteiger partial charge < -0.3 is 18.9 Å². The third-order valence-corrected chi connectivity index (χ3v) is 9.77. The first-order valence-corrected chi connectivity index (χ1v) is 18.3. The molecule has 1 aromatic rings. The standard InChI is InChI=1S/C38H67NO5/c1-8-12-14-16-18-20-26-42-38(43-27-21-19-17-15-13-9-2)30-36(6,7)39(37(10-3,11-4)31-38)44-32(5)33-22-24-34(25-23-33)40-28-35-29-41-35/h22-25,32,35H,8-21,26-31H2,1-7H3. The summed E-state index contributed by atoms with van der Waals surface area (Å²) in [4.78, 5) is 6.95. The van der Waals surface area contributed by atoms with Gasteiger partial charge >= 0.3 is 0 Å². The maximum atomic E-state index is 6.95. The second kappa shape index (κ2) is 18.8. The Morgan fingerprint density at radius 3 is 1.80 bits per heavy atom. The van der Waals surface area contributed by atoms with Crippen LogP contribution >= 0.6 is 0 Å². The van der Waals surface area contributed by atoms with E-state index in [1.807, 2.05) is 12.1 Å². The molecule has 2 aliphatic heterocycles. The summed E-state index contributed by atoms with van der Waals surface area (Å²) in [6.45, 7) is 18.9. The van der Waals surface area contributed by atoms with Gasteiger partial charge in [0, 0.05) is 18.4 Å². The number of rotatable bonds is 24. The number of piperidine rings is 1. The molecular formula is C38H67NO5. The molecule has 2 heterocycles. The van der Waals surface area contributed by atoms with Crippen molar-refractivity contribution in [3.63, 3.8) is 0 Å². The maximum absolute atomic E-state index is 6.95. The number of hydrogen-bond acceptors (Lipinski definition) is 6. The summed E-state index contributed by atoms with van der Waals surface area (Å²) in [6, 6.07) is 8.34. The molecule has 3 rings (SSSR count). The van der Waals surface area contributed by atoms with E-state index in [2.05, 4.69) is 65.7 Å². The van der Waals surface area contributed by atoms with E-state index >= 15 is 0 Å². The van der Waals surface area contributed by atoms with Crippen molar-refractivity contribution in [2.45, 2.75) is 180 Å². The molecular weight excluding hydrogens is 550 g/mol. The minimum Gasteiger partial charge on any atom is -0.491 e. The smallest absolute Gasteiger partial charge is 0.171 e.